The average Bonchev–Trinajstić information content (AvgIpc) is 2.77. The number of hydrogen-bond donors (Lipinski definition) is 1. The Kier molecular flexibility index (Phi) is 3.59. The molecule has 0 amide bonds. The summed E-state index contributed by atoms with van der Waals surface area (Å²) in [6, 6.07) is 8.40. The largest absolute Gasteiger partial charge is 0.388 e. The highest BCUT2D eigenvalue weighted by Gasteiger charge is 2.10. The molecule has 90 valence electrons. The number of aromatic nitrogens is 2. The summed E-state index contributed by atoms with van der Waals surface area (Å²) in [4.78, 5) is 0. The van der Waals surface area contributed by atoms with Gasteiger partial charge in [-0.05, 0) is 17.5 Å². The first-order chi connectivity index (χ1) is 8.19. The van der Waals surface area contributed by atoms with Gasteiger partial charge in [0.15, 0.2) is 0 Å². The topological polar surface area (TPSA) is 38.1 Å². The molecule has 0 bridgehead atoms. The minimum atomic E-state index is -0.476. The van der Waals surface area contributed by atoms with Gasteiger partial charge < -0.3 is 5.11 Å². The van der Waals surface area contributed by atoms with Crippen LogP contribution in [0.25, 0.3) is 0 Å². The lowest BCUT2D eigenvalue weighted by Crippen LogP contribution is -2.00. The molecule has 0 aliphatic carbocycles. The van der Waals surface area contributed by atoms with Crippen molar-refractivity contribution in [1.82, 2.24) is 9.78 Å². The van der Waals surface area contributed by atoms with Crippen LogP contribution in [0.15, 0.2) is 36.7 Å². The molecular weight excluding hydrogens is 212 g/mol. The van der Waals surface area contributed by atoms with Crippen LogP contribution in [0.2, 0.25) is 0 Å². The molecule has 17 heavy (non-hydrogen) atoms. The highest BCUT2D eigenvalue weighted by molar-refractivity contribution is 5.24. The standard InChI is InChI=1S/C14H18N2O/c1-3-11-4-6-12(7-5-11)8-14(17)13-9-15-16(2)10-13/h4-7,9-10,14,17H,3,8H2,1-2H3. The first-order valence-corrected chi connectivity index (χ1v) is 5.93. The van der Waals surface area contributed by atoms with Gasteiger partial charge in [0, 0.05) is 25.2 Å². The summed E-state index contributed by atoms with van der Waals surface area (Å²) < 4.78 is 1.71. The normalized spacial score (nSPS) is 12.6. The number of aliphatic hydroxyl groups is 1. The lowest BCUT2D eigenvalue weighted by atomic mass is 10.0. The van der Waals surface area contributed by atoms with Gasteiger partial charge in [0.2, 0.25) is 0 Å². The third-order valence-corrected chi connectivity index (χ3v) is 2.97. The van der Waals surface area contributed by atoms with Crippen LogP contribution in [0, 0.1) is 0 Å². The SMILES string of the molecule is CCc1ccc(CC(O)c2cnn(C)c2)cc1. The number of benzene rings is 1. The first-order valence-electron chi connectivity index (χ1n) is 5.93. The molecule has 1 atom stereocenters. The summed E-state index contributed by atoms with van der Waals surface area (Å²) >= 11 is 0. The van der Waals surface area contributed by atoms with E-state index in [9.17, 15) is 5.11 Å². The highest BCUT2D eigenvalue weighted by atomic mass is 16.3. The molecule has 0 radical (unpaired) electrons. The van der Waals surface area contributed by atoms with Crippen molar-refractivity contribution in [3.05, 3.63) is 53.3 Å². The van der Waals surface area contributed by atoms with E-state index >= 15 is 0 Å². The molecule has 1 heterocycles. The van der Waals surface area contributed by atoms with Gasteiger partial charge in [-0.1, -0.05) is 31.2 Å². The van der Waals surface area contributed by atoms with Crippen molar-refractivity contribution in [1.29, 1.82) is 0 Å². The van der Waals surface area contributed by atoms with Gasteiger partial charge >= 0.3 is 0 Å². The van der Waals surface area contributed by atoms with E-state index in [2.05, 4.69) is 36.3 Å². The molecule has 0 spiro atoms. The van der Waals surface area contributed by atoms with Crippen molar-refractivity contribution in [2.45, 2.75) is 25.9 Å². The minimum absolute atomic E-state index is 0.476. The van der Waals surface area contributed by atoms with Crippen molar-refractivity contribution >= 4 is 0 Å². The van der Waals surface area contributed by atoms with E-state index in [0.29, 0.717) is 6.42 Å². The maximum atomic E-state index is 10.1. The molecule has 1 unspecified atom stereocenters. The summed E-state index contributed by atoms with van der Waals surface area (Å²) in [6.07, 6.45) is 4.77. The summed E-state index contributed by atoms with van der Waals surface area (Å²) in [5.74, 6) is 0. The van der Waals surface area contributed by atoms with E-state index in [1.54, 1.807) is 10.9 Å². The molecule has 0 saturated heterocycles. The minimum Gasteiger partial charge on any atom is -0.388 e. The molecule has 3 heteroatoms. The van der Waals surface area contributed by atoms with Crippen LogP contribution < -0.4 is 0 Å². The molecule has 0 aliphatic rings. The first kappa shape index (κ1) is 11.9. The zero-order valence-corrected chi connectivity index (χ0v) is 10.3. The van der Waals surface area contributed by atoms with E-state index < -0.39 is 6.10 Å². The van der Waals surface area contributed by atoms with Crippen LogP contribution in [-0.4, -0.2) is 14.9 Å². The van der Waals surface area contributed by atoms with Crippen LogP contribution in [0.1, 0.15) is 29.7 Å². The average molecular weight is 230 g/mol. The van der Waals surface area contributed by atoms with E-state index in [4.69, 9.17) is 0 Å². The third kappa shape index (κ3) is 2.94. The second-order valence-corrected chi connectivity index (χ2v) is 4.34. The number of aryl methyl sites for hydroxylation is 2. The Bertz CT molecular complexity index is 473. The van der Waals surface area contributed by atoms with Gasteiger partial charge in [0.05, 0.1) is 12.3 Å². The fourth-order valence-corrected chi connectivity index (χ4v) is 1.86. The molecule has 2 rings (SSSR count). The van der Waals surface area contributed by atoms with Gasteiger partial charge in [-0.2, -0.15) is 5.10 Å². The Hall–Kier alpha value is -1.61. The van der Waals surface area contributed by atoms with Gasteiger partial charge in [-0.15, -0.1) is 0 Å². The maximum absolute atomic E-state index is 10.1. The number of aliphatic hydroxyl groups excluding tert-OH is 1. The van der Waals surface area contributed by atoms with E-state index in [0.717, 1.165) is 17.5 Å². The summed E-state index contributed by atoms with van der Waals surface area (Å²) in [7, 11) is 1.85. The van der Waals surface area contributed by atoms with E-state index in [-0.39, 0.29) is 0 Å². The molecule has 1 N–H and O–H groups in total. The van der Waals surface area contributed by atoms with Gasteiger partial charge in [-0.25, -0.2) is 0 Å². The van der Waals surface area contributed by atoms with Crippen LogP contribution in [0.4, 0.5) is 0 Å². The van der Waals surface area contributed by atoms with Gasteiger partial charge in [0.25, 0.3) is 0 Å². The predicted octanol–water partition coefficient (Wildman–Crippen LogP) is 2.26. The Morgan fingerprint density at radius 1 is 1.24 bits per heavy atom. The molecule has 0 saturated carbocycles. The van der Waals surface area contributed by atoms with Crippen LogP contribution in [0.5, 0.6) is 0 Å². The van der Waals surface area contributed by atoms with E-state index in [1.165, 1.54) is 5.56 Å². The molecule has 1 aromatic carbocycles. The van der Waals surface area contributed by atoms with E-state index in [1.807, 2.05) is 13.2 Å². The smallest absolute Gasteiger partial charge is 0.0860 e. The quantitative estimate of drug-likeness (QED) is 0.875. The van der Waals surface area contributed by atoms with Crippen LogP contribution >= 0.6 is 0 Å². The predicted molar refractivity (Wildman–Crippen MR) is 67.7 cm³/mol. The zero-order chi connectivity index (χ0) is 12.3. The lowest BCUT2D eigenvalue weighted by Gasteiger charge is -2.08. The zero-order valence-electron chi connectivity index (χ0n) is 10.3. The Morgan fingerprint density at radius 3 is 2.41 bits per heavy atom. The van der Waals surface area contributed by atoms with Crippen molar-refractivity contribution in [3.63, 3.8) is 0 Å². The van der Waals surface area contributed by atoms with Crippen molar-refractivity contribution < 1.29 is 5.11 Å². The molecular formula is C14H18N2O. The Labute approximate surface area is 102 Å². The summed E-state index contributed by atoms with van der Waals surface area (Å²) in [5.41, 5.74) is 3.34. The van der Waals surface area contributed by atoms with Gasteiger partial charge in [0.1, 0.15) is 0 Å². The summed E-state index contributed by atoms with van der Waals surface area (Å²) in [6.45, 7) is 2.14. The molecule has 0 aliphatic heterocycles. The second-order valence-electron chi connectivity index (χ2n) is 4.34. The van der Waals surface area contributed by atoms with Gasteiger partial charge in [-0.3, -0.25) is 4.68 Å². The van der Waals surface area contributed by atoms with Crippen molar-refractivity contribution in [2.24, 2.45) is 7.05 Å². The van der Waals surface area contributed by atoms with Crippen LogP contribution in [-0.2, 0) is 19.9 Å². The third-order valence-electron chi connectivity index (χ3n) is 2.97. The Morgan fingerprint density at radius 2 is 1.88 bits per heavy atom. The monoisotopic (exact) mass is 230 g/mol. The van der Waals surface area contributed by atoms with Crippen molar-refractivity contribution in [3.8, 4) is 0 Å². The number of rotatable bonds is 4. The number of nitrogens with zero attached hydrogens (tertiary/aromatic N) is 2. The number of hydrogen-bond acceptors (Lipinski definition) is 2. The highest BCUT2D eigenvalue weighted by Crippen LogP contribution is 2.17. The van der Waals surface area contributed by atoms with Crippen molar-refractivity contribution in [2.75, 3.05) is 0 Å². The van der Waals surface area contributed by atoms with Crippen LogP contribution in [0.3, 0.4) is 0 Å². The fourth-order valence-electron chi connectivity index (χ4n) is 1.86. The molecule has 0 fully saturated rings. The molecule has 1 aromatic heterocycles. The maximum Gasteiger partial charge on any atom is 0.0860 e. The molecule has 2 aromatic rings. The summed E-state index contributed by atoms with van der Waals surface area (Å²) in [5, 5.41) is 14.1. The Balaban J connectivity index is 2.04. The molecule has 3 nitrogen and oxygen atoms in total. The fraction of sp³-hybridized carbons (Fsp3) is 0.357. The lowest BCUT2D eigenvalue weighted by molar-refractivity contribution is 0.178. The second kappa shape index (κ2) is 5.15.